The molecular weight excluding hydrogens is 348 g/mol. The highest BCUT2D eigenvalue weighted by atomic mass is 14.5. The van der Waals surface area contributed by atoms with Gasteiger partial charge in [-0.05, 0) is 64.0 Å². The lowest BCUT2D eigenvalue weighted by Gasteiger charge is -2.32. The topological polar surface area (TPSA) is 0 Å². The van der Waals surface area contributed by atoms with Crippen LogP contribution in [0.1, 0.15) is 50.3 Å². The Morgan fingerprint density at radius 1 is 0.724 bits per heavy atom. The van der Waals surface area contributed by atoms with E-state index in [9.17, 15) is 0 Å². The zero-order chi connectivity index (χ0) is 20.0. The van der Waals surface area contributed by atoms with Crippen LogP contribution in [0, 0.1) is 17.8 Å². The predicted molar refractivity (Wildman–Crippen MR) is 124 cm³/mol. The third-order valence-electron chi connectivity index (χ3n) is 7.21. The molecule has 1 fully saturated rings. The molecule has 1 saturated carbocycles. The first kappa shape index (κ1) is 18.4. The van der Waals surface area contributed by atoms with Gasteiger partial charge in [0.05, 0.1) is 0 Å². The monoisotopic (exact) mass is 378 g/mol. The average Bonchev–Trinajstić information content (AvgIpc) is 3.55. The third kappa shape index (κ3) is 3.25. The van der Waals surface area contributed by atoms with Crippen LogP contribution in [0.5, 0.6) is 0 Å². The van der Waals surface area contributed by atoms with Crippen LogP contribution in [-0.4, -0.2) is 0 Å². The first-order chi connectivity index (χ1) is 14.1. The maximum atomic E-state index is 2.59. The Balaban J connectivity index is 1.63. The molecule has 29 heavy (non-hydrogen) atoms. The van der Waals surface area contributed by atoms with E-state index < -0.39 is 0 Å². The minimum Gasteiger partial charge on any atom is -0.0773 e. The van der Waals surface area contributed by atoms with Gasteiger partial charge >= 0.3 is 0 Å². The largest absolute Gasteiger partial charge is 0.0773 e. The second kappa shape index (κ2) is 7.02. The maximum Gasteiger partial charge on any atom is 0.0158 e. The van der Waals surface area contributed by atoms with Crippen molar-refractivity contribution in [2.24, 2.45) is 17.8 Å². The van der Waals surface area contributed by atoms with E-state index in [0.29, 0.717) is 0 Å². The molecule has 0 N–H and O–H groups in total. The second-order valence-electron chi connectivity index (χ2n) is 9.52. The Bertz CT molecular complexity index is 1050. The maximum absolute atomic E-state index is 2.59. The van der Waals surface area contributed by atoms with Crippen LogP contribution in [0.3, 0.4) is 0 Å². The zero-order valence-corrected chi connectivity index (χ0v) is 17.7. The van der Waals surface area contributed by atoms with E-state index in [1.165, 1.54) is 40.7 Å². The Morgan fingerprint density at radius 2 is 1.31 bits per heavy atom. The van der Waals surface area contributed by atoms with Crippen molar-refractivity contribution in [1.82, 2.24) is 0 Å². The van der Waals surface area contributed by atoms with E-state index in [1.807, 2.05) is 0 Å². The van der Waals surface area contributed by atoms with Crippen LogP contribution in [0.2, 0.25) is 0 Å². The lowest BCUT2D eigenvalue weighted by Crippen LogP contribution is -2.22. The molecule has 0 aromatic heterocycles. The summed E-state index contributed by atoms with van der Waals surface area (Å²) in [4.78, 5) is 0. The summed E-state index contributed by atoms with van der Waals surface area (Å²) in [7, 11) is 0. The minimum atomic E-state index is -0.0759. The molecule has 0 radical (unpaired) electrons. The van der Waals surface area contributed by atoms with Crippen LogP contribution >= 0.6 is 0 Å². The van der Waals surface area contributed by atoms with Crippen molar-refractivity contribution in [3.63, 3.8) is 0 Å². The van der Waals surface area contributed by atoms with E-state index in [0.717, 1.165) is 17.8 Å². The van der Waals surface area contributed by atoms with Gasteiger partial charge in [-0.3, -0.25) is 0 Å². The highest BCUT2D eigenvalue weighted by molar-refractivity contribution is 5.75. The lowest BCUT2D eigenvalue weighted by atomic mass is 9.71. The number of allylic oxidation sites excluding steroid dienone is 2. The van der Waals surface area contributed by atoms with Crippen LogP contribution in [0.4, 0.5) is 0 Å². The Labute approximate surface area is 175 Å². The summed E-state index contributed by atoms with van der Waals surface area (Å²) in [6.07, 6.45) is 5.20. The number of fused-ring (bicyclic) bond motifs is 1. The first-order valence-electron chi connectivity index (χ1n) is 11.0. The molecule has 2 aliphatic rings. The van der Waals surface area contributed by atoms with E-state index >= 15 is 0 Å². The second-order valence-corrected chi connectivity index (χ2v) is 9.52. The van der Waals surface area contributed by atoms with Gasteiger partial charge in [0, 0.05) is 5.41 Å². The molecule has 5 rings (SSSR count). The van der Waals surface area contributed by atoms with Gasteiger partial charge in [-0.2, -0.15) is 0 Å². The first-order valence-corrected chi connectivity index (χ1v) is 11.0. The van der Waals surface area contributed by atoms with Crippen molar-refractivity contribution in [3.8, 4) is 11.1 Å². The van der Waals surface area contributed by atoms with E-state index in [-0.39, 0.29) is 5.41 Å². The summed E-state index contributed by atoms with van der Waals surface area (Å²) < 4.78 is 0. The molecule has 0 heterocycles. The smallest absolute Gasteiger partial charge is 0.0158 e. The Morgan fingerprint density at radius 3 is 2.00 bits per heavy atom. The van der Waals surface area contributed by atoms with E-state index in [4.69, 9.17) is 0 Å². The summed E-state index contributed by atoms with van der Waals surface area (Å²) in [5.41, 5.74) is 8.41. The third-order valence-corrected chi connectivity index (χ3v) is 7.21. The van der Waals surface area contributed by atoms with Gasteiger partial charge in [0.25, 0.3) is 0 Å². The predicted octanol–water partition coefficient (Wildman–Crippen LogP) is 7.74. The van der Waals surface area contributed by atoms with E-state index in [2.05, 4.69) is 106 Å². The van der Waals surface area contributed by atoms with Crippen LogP contribution in [-0.2, 0) is 5.41 Å². The SMILES string of the molecule is CC1CC(c2ccccc2C(C)(C)c2ccccc2-c2ccccc2)=CC2CC12. The molecule has 0 heteroatoms. The molecule has 2 aliphatic carbocycles. The van der Waals surface area contributed by atoms with Crippen molar-refractivity contribution < 1.29 is 0 Å². The standard InChI is InChI=1S/C29H30/c1-20-17-22(18-23-19-26(20)23)25-14-8-10-16-28(25)29(2,3)27-15-9-7-13-24(27)21-11-5-4-6-12-21/h4-16,18,20,23,26H,17,19H2,1-3H3. The van der Waals surface area contributed by atoms with Gasteiger partial charge in [-0.25, -0.2) is 0 Å². The molecule has 0 amide bonds. The van der Waals surface area contributed by atoms with Crippen molar-refractivity contribution in [2.45, 2.75) is 39.0 Å². The van der Waals surface area contributed by atoms with Crippen LogP contribution in [0.25, 0.3) is 16.7 Å². The quantitative estimate of drug-likeness (QED) is 0.435. The fraction of sp³-hybridized carbons (Fsp3) is 0.310. The molecule has 0 spiro atoms. The van der Waals surface area contributed by atoms with Crippen molar-refractivity contribution >= 4 is 5.57 Å². The summed E-state index contributed by atoms with van der Waals surface area (Å²) in [6.45, 7) is 7.22. The molecule has 3 atom stereocenters. The molecule has 3 aromatic rings. The molecule has 0 aliphatic heterocycles. The van der Waals surface area contributed by atoms with Gasteiger partial charge < -0.3 is 0 Å². The summed E-state index contributed by atoms with van der Waals surface area (Å²) in [5, 5.41) is 0. The van der Waals surface area contributed by atoms with Crippen molar-refractivity contribution in [3.05, 3.63) is 102 Å². The molecular formula is C29H30. The number of hydrogen-bond acceptors (Lipinski definition) is 0. The van der Waals surface area contributed by atoms with Gasteiger partial charge in [-0.1, -0.05) is 106 Å². The average molecular weight is 379 g/mol. The Kier molecular flexibility index (Phi) is 4.46. The fourth-order valence-corrected chi connectivity index (χ4v) is 5.46. The summed E-state index contributed by atoms with van der Waals surface area (Å²) in [5.74, 6) is 2.58. The van der Waals surface area contributed by atoms with Gasteiger partial charge in [0.2, 0.25) is 0 Å². The molecule has 0 saturated heterocycles. The molecule has 0 nitrogen and oxygen atoms in total. The zero-order valence-electron chi connectivity index (χ0n) is 17.7. The lowest BCUT2D eigenvalue weighted by molar-refractivity contribution is 0.491. The number of hydrogen-bond donors (Lipinski definition) is 0. The van der Waals surface area contributed by atoms with Crippen LogP contribution in [0.15, 0.2) is 84.9 Å². The van der Waals surface area contributed by atoms with Crippen molar-refractivity contribution in [2.75, 3.05) is 0 Å². The fourth-order valence-electron chi connectivity index (χ4n) is 5.46. The van der Waals surface area contributed by atoms with Crippen molar-refractivity contribution in [1.29, 1.82) is 0 Å². The molecule has 3 unspecified atom stereocenters. The number of rotatable bonds is 4. The number of benzene rings is 3. The Hall–Kier alpha value is -2.60. The van der Waals surface area contributed by atoms with Gasteiger partial charge in [0.1, 0.15) is 0 Å². The molecule has 3 aromatic carbocycles. The van der Waals surface area contributed by atoms with Gasteiger partial charge in [-0.15, -0.1) is 0 Å². The normalized spacial score (nSPS) is 23.3. The van der Waals surface area contributed by atoms with Gasteiger partial charge in [0.15, 0.2) is 0 Å². The molecule has 146 valence electrons. The summed E-state index contributed by atoms with van der Waals surface area (Å²) >= 11 is 0. The van der Waals surface area contributed by atoms with Crippen LogP contribution < -0.4 is 0 Å². The minimum absolute atomic E-state index is 0.0759. The highest BCUT2D eigenvalue weighted by Gasteiger charge is 2.43. The summed E-state index contributed by atoms with van der Waals surface area (Å²) in [6, 6.07) is 28.8. The van der Waals surface area contributed by atoms with E-state index in [1.54, 1.807) is 5.57 Å². The molecule has 0 bridgehead atoms. The highest BCUT2D eigenvalue weighted by Crippen LogP contribution is 2.54.